The van der Waals surface area contributed by atoms with Gasteiger partial charge >= 0.3 is 0 Å². The van der Waals surface area contributed by atoms with Crippen molar-refractivity contribution in [2.75, 3.05) is 45.9 Å². The fraction of sp³-hybridized carbons (Fsp3) is 0.933. The number of hydrogen-bond donors (Lipinski definition) is 2. The van der Waals surface area contributed by atoms with Crippen LogP contribution in [0.25, 0.3) is 0 Å². The molecule has 6 heteroatoms. The van der Waals surface area contributed by atoms with E-state index in [-0.39, 0.29) is 24.0 Å². The van der Waals surface area contributed by atoms with Gasteiger partial charge in [-0.15, -0.1) is 24.0 Å². The molecule has 1 aliphatic heterocycles. The average Bonchev–Trinajstić information content (AvgIpc) is 2.45. The van der Waals surface area contributed by atoms with Crippen LogP contribution in [0.1, 0.15) is 34.1 Å². The van der Waals surface area contributed by atoms with Gasteiger partial charge in [0.15, 0.2) is 5.96 Å². The van der Waals surface area contributed by atoms with Crippen molar-refractivity contribution in [3.8, 4) is 0 Å². The highest BCUT2D eigenvalue weighted by atomic mass is 127. The monoisotopic (exact) mass is 412 g/mol. The van der Waals surface area contributed by atoms with E-state index in [4.69, 9.17) is 9.73 Å². The molecular weight excluding hydrogens is 379 g/mol. The summed E-state index contributed by atoms with van der Waals surface area (Å²) in [4.78, 5) is 7.15. The lowest BCUT2D eigenvalue weighted by molar-refractivity contribution is 0.0220. The molecule has 0 aromatic carbocycles. The summed E-state index contributed by atoms with van der Waals surface area (Å²) in [6.07, 6.45) is 1.17. The van der Waals surface area contributed by atoms with Crippen LogP contribution in [0.2, 0.25) is 0 Å². The first kappa shape index (κ1) is 20.9. The molecule has 1 rings (SSSR count). The molecule has 0 aromatic heterocycles. The molecule has 5 nitrogen and oxygen atoms in total. The average molecular weight is 412 g/mol. The van der Waals surface area contributed by atoms with Crippen molar-refractivity contribution in [1.29, 1.82) is 0 Å². The third-order valence-electron chi connectivity index (χ3n) is 3.54. The van der Waals surface area contributed by atoms with Gasteiger partial charge in [0.05, 0.1) is 19.8 Å². The highest BCUT2D eigenvalue weighted by Gasteiger charge is 2.16. The lowest BCUT2D eigenvalue weighted by Crippen LogP contribution is -2.44. The highest BCUT2D eigenvalue weighted by Crippen LogP contribution is 2.03. The van der Waals surface area contributed by atoms with Crippen LogP contribution in [0.4, 0.5) is 0 Å². The van der Waals surface area contributed by atoms with Gasteiger partial charge in [-0.2, -0.15) is 0 Å². The lowest BCUT2D eigenvalue weighted by Gasteiger charge is -2.31. The third kappa shape index (κ3) is 9.52. The van der Waals surface area contributed by atoms with Crippen LogP contribution in [0.15, 0.2) is 4.99 Å². The Hall–Kier alpha value is -0.0800. The second-order valence-corrected chi connectivity index (χ2v) is 5.83. The van der Waals surface area contributed by atoms with Gasteiger partial charge in [0, 0.05) is 32.2 Å². The molecule has 1 atom stereocenters. The Balaban J connectivity index is 0.00000400. The van der Waals surface area contributed by atoms with Crippen LogP contribution in [0.3, 0.4) is 0 Å². The predicted molar refractivity (Wildman–Crippen MR) is 101 cm³/mol. The minimum atomic E-state index is 0. The van der Waals surface area contributed by atoms with Crippen molar-refractivity contribution in [3.63, 3.8) is 0 Å². The van der Waals surface area contributed by atoms with E-state index in [1.165, 1.54) is 6.42 Å². The van der Waals surface area contributed by atoms with E-state index in [9.17, 15) is 0 Å². The molecule has 0 aromatic rings. The summed E-state index contributed by atoms with van der Waals surface area (Å²) in [5, 5.41) is 6.72. The van der Waals surface area contributed by atoms with E-state index >= 15 is 0 Å². The Labute approximate surface area is 147 Å². The summed E-state index contributed by atoms with van der Waals surface area (Å²) in [6.45, 7) is 15.3. The summed E-state index contributed by atoms with van der Waals surface area (Å²) in [6, 6.07) is 0.472. The Morgan fingerprint density at radius 2 is 1.86 bits per heavy atom. The Kier molecular flexibility index (Phi) is 12.4. The predicted octanol–water partition coefficient (Wildman–Crippen LogP) is 1.93. The molecule has 0 bridgehead atoms. The molecule has 1 aliphatic rings. The fourth-order valence-corrected chi connectivity index (χ4v) is 2.18. The van der Waals surface area contributed by atoms with E-state index < -0.39 is 0 Å². The Morgan fingerprint density at radius 1 is 1.19 bits per heavy atom. The van der Waals surface area contributed by atoms with Gasteiger partial charge < -0.3 is 15.4 Å². The maximum atomic E-state index is 5.39. The van der Waals surface area contributed by atoms with Crippen LogP contribution in [-0.2, 0) is 4.74 Å². The number of morpholine rings is 1. The number of nitrogens with zero attached hydrogens (tertiary/aromatic N) is 2. The number of ether oxygens (including phenoxy) is 1. The van der Waals surface area contributed by atoms with E-state index in [1.54, 1.807) is 0 Å². The van der Waals surface area contributed by atoms with Crippen molar-refractivity contribution >= 4 is 29.9 Å². The quantitative estimate of drug-likeness (QED) is 0.381. The van der Waals surface area contributed by atoms with Crippen LogP contribution in [-0.4, -0.2) is 62.8 Å². The first-order valence-corrected chi connectivity index (χ1v) is 7.97. The van der Waals surface area contributed by atoms with Gasteiger partial charge in [-0.05, 0) is 26.2 Å². The van der Waals surface area contributed by atoms with Gasteiger partial charge in [0.2, 0.25) is 0 Å². The van der Waals surface area contributed by atoms with Gasteiger partial charge in [-0.1, -0.05) is 13.8 Å². The number of aliphatic imine (C=N–C) groups is 1. The molecular formula is C15H33IN4O. The normalized spacial score (nSPS) is 18.2. The lowest BCUT2D eigenvalue weighted by atomic mass is 10.1. The zero-order valence-corrected chi connectivity index (χ0v) is 16.4. The molecule has 1 unspecified atom stereocenters. The third-order valence-corrected chi connectivity index (χ3v) is 3.54. The smallest absolute Gasteiger partial charge is 0.191 e. The molecule has 1 heterocycles. The molecule has 0 radical (unpaired) electrons. The number of nitrogens with one attached hydrogen (secondary N) is 2. The van der Waals surface area contributed by atoms with Gasteiger partial charge in [0.25, 0.3) is 0 Å². The molecule has 21 heavy (non-hydrogen) atoms. The molecule has 0 saturated carbocycles. The topological polar surface area (TPSA) is 48.9 Å². The summed E-state index contributed by atoms with van der Waals surface area (Å²) in [5.74, 6) is 1.66. The van der Waals surface area contributed by atoms with Crippen LogP contribution in [0, 0.1) is 5.92 Å². The Bertz CT molecular complexity index is 281. The maximum Gasteiger partial charge on any atom is 0.191 e. The number of rotatable bonds is 7. The first-order valence-electron chi connectivity index (χ1n) is 7.97. The molecule has 0 aliphatic carbocycles. The maximum absolute atomic E-state index is 5.39. The SMILES string of the molecule is CCNC(=NCC(C)N1CCOCC1)NCCC(C)C.I. The van der Waals surface area contributed by atoms with Crippen LogP contribution in [0.5, 0.6) is 0 Å². The second kappa shape index (κ2) is 12.5. The van der Waals surface area contributed by atoms with E-state index in [1.807, 2.05) is 0 Å². The van der Waals surface area contributed by atoms with Crippen molar-refractivity contribution in [3.05, 3.63) is 0 Å². The van der Waals surface area contributed by atoms with Crippen LogP contribution >= 0.6 is 24.0 Å². The van der Waals surface area contributed by atoms with Gasteiger partial charge in [0.1, 0.15) is 0 Å². The molecule has 0 spiro atoms. The first-order chi connectivity index (χ1) is 9.63. The van der Waals surface area contributed by atoms with Gasteiger partial charge in [-0.25, -0.2) is 0 Å². The van der Waals surface area contributed by atoms with E-state index in [0.717, 1.165) is 57.8 Å². The second-order valence-electron chi connectivity index (χ2n) is 5.83. The summed E-state index contributed by atoms with van der Waals surface area (Å²) < 4.78 is 5.39. The number of hydrogen-bond acceptors (Lipinski definition) is 3. The fourth-order valence-electron chi connectivity index (χ4n) is 2.18. The molecule has 1 saturated heterocycles. The largest absolute Gasteiger partial charge is 0.379 e. The molecule has 1 fully saturated rings. The summed E-state index contributed by atoms with van der Waals surface area (Å²) in [7, 11) is 0. The van der Waals surface area contributed by atoms with Gasteiger partial charge in [-0.3, -0.25) is 9.89 Å². The van der Waals surface area contributed by atoms with E-state index in [2.05, 4.69) is 43.2 Å². The van der Waals surface area contributed by atoms with Crippen molar-refractivity contribution < 1.29 is 4.74 Å². The zero-order chi connectivity index (χ0) is 14.8. The highest BCUT2D eigenvalue weighted by molar-refractivity contribution is 14.0. The number of guanidine groups is 1. The standard InChI is InChI=1S/C15H32N4O.HI/c1-5-16-15(17-7-6-13(2)3)18-12-14(4)19-8-10-20-11-9-19;/h13-14H,5-12H2,1-4H3,(H2,16,17,18);1H. The van der Waals surface area contributed by atoms with E-state index in [0.29, 0.717) is 6.04 Å². The summed E-state index contributed by atoms with van der Waals surface area (Å²) >= 11 is 0. The van der Waals surface area contributed by atoms with Crippen molar-refractivity contribution in [1.82, 2.24) is 15.5 Å². The molecule has 126 valence electrons. The number of halogens is 1. The zero-order valence-electron chi connectivity index (χ0n) is 14.0. The van der Waals surface area contributed by atoms with Crippen molar-refractivity contribution in [2.45, 2.75) is 40.2 Å². The van der Waals surface area contributed by atoms with Crippen molar-refractivity contribution in [2.24, 2.45) is 10.9 Å². The minimum Gasteiger partial charge on any atom is -0.379 e. The molecule has 0 amide bonds. The summed E-state index contributed by atoms with van der Waals surface area (Å²) in [5.41, 5.74) is 0. The van der Waals surface area contributed by atoms with Crippen LogP contribution < -0.4 is 10.6 Å². The molecule has 2 N–H and O–H groups in total. The Morgan fingerprint density at radius 3 is 2.43 bits per heavy atom. The minimum absolute atomic E-state index is 0.